The minimum atomic E-state index is 0.285. The summed E-state index contributed by atoms with van der Waals surface area (Å²) in [6.45, 7) is 0.287. The number of ether oxygens (including phenoxy) is 2. The summed E-state index contributed by atoms with van der Waals surface area (Å²) in [7, 11) is 0. The fourth-order valence-corrected chi connectivity index (χ4v) is 2.49. The van der Waals surface area contributed by atoms with Gasteiger partial charge in [-0.25, -0.2) is 0 Å². The zero-order chi connectivity index (χ0) is 13.5. The van der Waals surface area contributed by atoms with Gasteiger partial charge in [-0.2, -0.15) is 0 Å². The van der Waals surface area contributed by atoms with Crippen LogP contribution in [-0.4, -0.2) is 11.9 Å². The Morgan fingerprint density at radius 2 is 1.40 bits per heavy atom. The highest BCUT2D eigenvalue weighted by Crippen LogP contribution is 2.36. The van der Waals surface area contributed by atoms with Crippen LogP contribution in [0.3, 0.4) is 0 Å². The van der Waals surface area contributed by atoms with Crippen LogP contribution < -0.4 is 9.47 Å². The zero-order valence-electron chi connectivity index (χ0n) is 10.7. The van der Waals surface area contributed by atoms with Crippen LogP contribution in [-0.2, 0) is 0 Å². The van der Waals surface area contributed by atoms with Crippen LogP contribution in [0.1, 0.15) is 0 Å². The average Bonchev–Trinajstić information content (AvgIpc) is 2.94. The third-order valence-corrected chi connectivity index (χ3v) is 3.53. The number of fused-ring (bicyclic) bond motifs is 2. The Morgan fingerprint density at radius 3 is 2.35 bits per heavy atom. The summed E-state index contributed by atoms with van der Waals surface area (Å²) in [6, 6.07) is 17.5. The average molecular weight is 264 g/mol. The van der Waals surface area contributed by atoms with E-state index in [1.807, 2.05) is 36.4 Å². The minimum Gasteiger partial charge on any atom is -0.508 e. The highest BCUT2D eigenvalue weighted by molar-refractivity contribution is 5.88. The molecule has 0 saturated carbocycles. The van der Waals surface area contributed by atoms with Crippen molar-refractivity contribution in [3.8, 4) is 28.4 Å². The third kappa shape index (κ3) is 1.75. The van der Waals surface area contributed by atoms with E-state index in [1.165, 1.54) is 0 Å². The molecule has 0 amide bonds. The Kier molecular flexibility index (Phi) is 2.33. The van der Waals surface area contributed by atoms with E-state index in [1.54, 1.807) is 12.1 Å². The number of benzene rings is 3. The minimum absolute atomic E-state index is 0.285. The molecule has 98 valence electrons. The van der Waals surface area contributed by atoms with E-state index < -0.39 is 0 Å². The van der Waals surface area contributed by atoms with Gasteiger partial charge in [0, 0.05) is 0 Å². The maximum atomic E-state index is 9.49. The lowest BCUT2D eigenvalue weighted by Crippen LogP contribution is -1.92. The first-order valence-electron chi connectivity index (χ1n) is 6.42. The lowest BCUT2D eigenvalue weighted by Gasteiger charge is -2.06. The molecular weight excluding hydrogens is 252 g/mol. The van der Waals surface area contributed by atoms with Gasteiger partial charge in [-0.1, -0.05) is 24.3 Å². The Hall–Kier alpha value is -2.68. The third-order valence-electron chi connectivity index (χ3n) is 3.53. The fourth-order valence-electron chi connectivity index (χ4n) is 2.49. The number of phenols is 1. The molecule has 3 aromatic carbocycles. The molecule has 0 aliphatic carbocycles. The standard InChI is InChI=1S/C17H12O3/c18-15-5-3-12-7-11(1-2-13(12)8-15)14-4-6-16-17(9-14)20-10-19-16/h1-9,18H,10H2. The van der Waals surface area contributed by atoms with E-state index in [2.05, 4.69) is 6.07 Å². The Labute approximate surface area is 116 Å². The van der Waals surface area contributed by atoms with Crippen LogP contribution in [0.2, 0.25) is 0 Å². The van der Waals surface area contributed by atoms with Gasteiger partial charge >= 0.3 is 0 Å². The summed E-state index contributed by atoms with van der Waals surface area (Å²) in [4.78, 5) is 0. The molecule has 4 rings (SSSR count). The molecule has 3 heteroatoms. The first-order valence-corrected chi connectivity index (χ1v) is 6.42. The molecule has 0 bridgehead atoms. The highest BCUT2D eigenvalue weighted by atomic mass is 16.7. The van der Waals surface area contributed by atoms with Crippen LogP contribution in [0.25, 0.3) is 21.9 Å². The topological polar surface area (TPSA) is 38.7 Å². The van der Waals surface area contributed by atoms with Crippen molar-refractivity contribution in [1.29, 1.82) is 0 Å². The van der Waals surface area contributed by atoms with Gasteiger partial charge in [0.2, 0.25) is 6.79 Å². The first kappa shape index (κ1) is 11.2. The van der Waals surface area contributed by atoms with Gasteiger partial charge in [-0.15, -0.1) is 0 Å². The predicted molar refractivity (Wildman–Crippen MR) is 77.2 cm³/mol. The molecule has 3 aromatic rings. The molecule has 0 aromatic heterocycles. The second-order valence-electron chi connectivity index (χ2n) is 4.81. The molecule has 3 nitrogen and oxygen atoms in total. The van der Waals surface area contributed by atoms with Crippen LogP contribution in [0.5, 0.6) is 17.2 Å². The summed E-state index contributed by atoms with van der Waals surface area (Å²) in [6.07, 6.45) is 0. The van der Waals surface area contributed by atoms with Crippen molar-refractivity contribution >= 4 is 10.8 Å². The molecule has 20 heavy (non-hydrogen) atoms. The second-order valence-corrected chi connectivity index (χ2v) is 4.81. The summed E-state index contributed by atoms with van der Waals surface area (Å²) in [5.41, 5.74) is 2.20. The molecule has 1 N–H and O–H groups in total. The second kappa shape index (κ2) is 4.17. The van der Waals surface area contributed by atoms with E-state index in [9.17, 15) is 5.11 Å². The SMILES string of the molecule is Oc1ccc2cc(-c3ccc4c(c3)OCO4)ccc2c1. The van der Waals surface area contributed by atoms with Crippen LogP contribution >= 0.6 is 0 Å². The molecule has 1 heterocycles. The van der Waals surface area contributed by atoms with Gasteiger partial charge in [0.1, 0.15) is 5.75 Å². The summed E-state index contributed by atoms with van der Waals surface area (Å²) >= 11 is 0. The molecule has 1 aliphatic rings. The molecular formula is C17H12O3. The Balaban J connectivity index is 1.83. The molecule has 1 aliphatic heterocycles. The van der Waals surface area contributed by atoms with E-state index in [-0.39, 0.29) is 12.5 Å². The molecule has 0 saturated heterocycles. The van der Waals surface area contributed by atoms with Crippen LogP contribution in [0.15, 0.2) is 54.6 Å². The van der Waals surface area contributed by atoms with Gasteiger partial charge in [0.15, 0.2) is 11.5 Å². The normalized spacial score (nSPS) is 12.8. The number of hydrogen-bond acceptors (Lipinski definition) is 3. The van der Waals surface area contributed by atoms with Crippen LogP contribution in [0.4, 0.5) is 0 Å². The van der Waals surface area contributed by atoms with Crippen molar-refractivity contribution < 1.29 is 14.6 Å². The van der Waals surface area contributed by atoms with Gasteiger partial charge in [0.05, 0.1) is 0 Å². The van der Waals surface area contributed by atoms with Gasteiger partial charge in [-0.3, -0.25) is 0 Å². The van der Waals surface area contributed by atoms with Crippen molar-refractivity contribution in [3.63, 3.8) is 0 Å². The molecule has 0 spiro atoms. The molecule has 0 radical (unpaired) electrons. The Bertz CT molecular complexity index is 808. The van der Waals surface area contributed by atoms with E-state index >= 15 is 0 Å². The van der Waals surface area contributed by atoms with Gasteiger partial charge in [0.25, 0.3) is 0 Å². The van der Waals surface area contributed by atoms with E-state index in [0.29, 0.717) is 0 Å². The zero-order valence-corrected chi connectivity index (χ0v) is 10.7. The Morgan fingerprint density at radius 1 is 0.700 bits per heavy atom. The van der Waals surface area contributed by atoms with E-state index in [0.717, 1.165) is 33.4 Å². The summed E-state index contributed by atoms with van der Waals surface area (Å²) < 4.78 is 10.7. The van der Waals surface area contributed by atoms with Gasteiger partial charge in [-0.05, 0) is 52.2 Å². The summed E-state index contributed by atoms with van der Waals surface area (Å²) in [5, 5.41) is 11.6. The molecule has 0 fully saturated rings. The summed E-state index contributed by atoms with van der Waals surface area (Å²) in [5.74, 6) is 1.86. The first-order chi connectivity index (χ1) is 9.79. The van der Waals surface area contributed by atoms with Crippen molar-refractivity contribution in [2.24, 2.45) is 0 Å². The van der Waals surface area contributed by atoms with Crippen molar-refractivity contribution in [3.05, 3.63) is 54.6 Å². The van der Waals surface area contributed by atoms with Crippen LogP contribution in [0, 0.1) is 0 Å². The lowest BCUT2D eigenvalue weighted by molar-refractivity contribution is 0.174. The van der Waals surface area contributed by atoms with E-state index in [4.69, 9.17) is 9.47 Å². The number of phenolic OH excluding ortho intramolecular Hbond substituents is 1. The van der Waals surface area contributed by atoms with Crippen molar-refractivity contribution in [2.75, 3.05) is 6.79 Å². The number of aromatic hydroxyl groups is 1. The number of hydrogen-bond donors (Lipinski definition) is 1. The van der Waals surface area contributed by atoms with Crippen molar-refractivity contribution in [2.45, 2.75) is 0 Å². The quantitative estimate of drug-likeness (QED) is 0.723. The predicted octanol–water partition coefficient (Wildman–Crippen LogP) is 3.94. The fraction of sp³-hybridized carbons (Fsp3) is 0.0588. The largest absolute Gasteiger partial charge is 0.508 e. The maximum Gasteiger partial charge on any atom is 0.231 e. The van der Waals surface area contributed by atoms with Gasteiger partial charge < -0.3 is 14.6 Å². The van der Waals surface area contributed by atoms with Crippen molar-refractivity contribution in [1.82, 2.24) is 0 Å². The number of rotatable bonds is 1. The maximum absolute atomic E-state index is 9.49. The monoisotopic (exact) mass is 264 g/mol. The molecule has 0 unspecified atom stereocenters. The lowest BCUT2D eigenvalue weighted by atomic mass is 10.0. The highest BCUT2D eigenvalue weighted by Gasteiger charge is 2.13. The molecule has 0 atom stereocenters. The smallest absolute Gasteiger partial charge is 0.231 e.